The van der Waals surface area contributed by atoms with E-state index in [9.17, 15) is 22.4 Å². The van der Waals surface area contributed by atoms with Crippen molar-refractivity contribution in [2.24, 2.45) is 11.8 Å². The molecule has 0 saturated carbocycles. The molecule has 1 aliphatic rings. The van der Waals surface area contributed by atoms with Crippen LogP contribution in [-0.2, 0) is 14.8 Å². The number of carbonyl (C=O) groups is 1. The molecular formula is C13H13FN2O6S. The predicted octanol–water partition coefficient (Wildman–Crippen LogP) is 0.601. The van der Waals surface area contributed by atoms with Gasteiger partial charge >= 0.3 is 11.7 Å². The number of H-pyrrole nitrogens is 1. The molecule has 0 amide bonds. The maximum absolute atomic E-state index is 14.1. The van der Waals surface area contributed by atoms with Crippen molar-refractivity contribution >= 4 is 27.1 Å². The van der Waals surface area contributed by atoms with Gasteiger partial charge in [0.15, 0.2) is 5.58 Å². The molecule has 1 saturated heterocycles. The lowest BCUT2D eigenvalue weighted by Gasteiger charge is -2.16. The Hall–Kier alpha value is -2.20. The number of benzene rings is 1. The lowest BCUT2D eigenvalue weighted by molar-refractivity contribution is -0.142. The molecule has 0 aliphatic carbocycles. The standard InChI is InChI=1S/C13H13FN2O6S/c1-6-4-16(5-7(6)12(17)18)23(20,21)11-3-10-9(2-8(11)14)15-13(19)22-10/h2-3,6-7H,4-5H2,1H3,(H,15,19)(H,17,18)/t6-,7-/m1/s1. The van der Waals surface area contributed by atoms with Gasteiger partial charge in [-0.3, -0.25) is 9.78 Å². The zero-order chi connectivity index (χ0) is 16.9. The number of rotatable bonds is 3. The van der Waals surface area contributed by atoms with E-state index in [-0.39, 0.29) is 30.1 Å². The van der Waals surface area contributed by atoms with Gasteiger partial charge in [0.1, 0.15) is 10.7 Å². The highest BCUT2D eigenvalue weighted by Crippen LogP contribution is 2.31. The number of sulfonamides is 1. The van der Waals surface area contributed by atoms with Crippen molar-refractivity contribution in [1.29, 1.82) is 0 Å². The summed E-state index contributed by atoms with van der Waals surface area (Å²) in [5, 5.41) is 9.09. The van der Waals surface area contributed by atoms with Crippen LogP contribution in [0.15, 0.2) is 26.2 Å². The van der Waals surface area contributed by atoms with Crippen molar-refractivity contribution in [3.63, 3.8) is 0 Å². The highest BCUT2D eigenvalue weighted by atomic mass is 32.2. The fourth-order valence-corrected chi connectivity index (χ4v) is 4.36. The number of nitrogens with zero attached hydrogens (tertiary/aromatic N) is 1. The fraction of sp³-hybridized carbons (Fsp3) is 0.385. The maximum Gasteiger partial charge on any atom is 0.417 e. The molecule has 0 radical (unpaired) electrons. The Morgan fingerprint density at radius 3 is 2.74 bits per heavy atom. The van der Waals surface area contributed by atoms with Gasteiger partial charge in [0, 0.05) is 25.2 Å². The Labute approximate surface area is 129 Å². The van der Waals surface area contributed by atoms with Gasteiger partial charge in [-0.05, 0) is 5.92 Å². The van der Waals surface area contributed by atoms with Gasteiger partial charge in [0.2, 0.25) is 10.0 Å². The van der Waals surface area contributed by atoms with Crippen molar-refractivity contribution in [2.75, 3.05) is 13.1 Å². The molecule has 2 heterocycles. The first kappa shape index (κ1) is 15.7. The zero-order valence-corrected chi connectivity index (χ0v) is 12.8. The van der Waals surface area contributed by atoms with Crippen LogP contribution in [0.5, 0.6) is 0 Å². The third kappa shape index (κ3) is 2.53. The van der Waals surface area contributed by atoms with Gasteiger partial charge in [0.25, 0.3) is 0 Å². The van der Waals surface area contributed by atoms with Gasteiger partial charge in [-0.25, -0.2) is 17.6 Å². The molecule has 1 fully saturated rings. The lowest BCUT2D eigenvalue weighted by Crippen LogP contribution is -2.30. The van der Waals surface area contributed by atoms with Crippen LogP contribution in [0, 0.1) is 17.7 Å². The molecule has 2 N–H and O–H groups in total. The number of carboxylic acids is 1. The van der Waals surface area contributed by atoms with Crippen LogP contribution < -0.4 is 5.76 Å². The monoisotopic (exact) mass is 344 g/mol. The van der Waals surface area contributed by atoms with E-state index in [1.807, 2.05) is 0 Å². The Morgan fingerprint density at radius 2 is 2.13 bits per heavy atom. The minimum Gasteiger partial charge on any atom is -0.481 e. The average Bonchev–Trinajstić information content (AvgIpc) is 2.99. The molecule has 8 nitrogen and oxygen atoms in total. The summed E-state index contributed by atoms with van der Waals surface area (Å²) in [6, 6.07) is 1.79. The van der Waals surface area contributed by atoms with Crippen molar-refractivity contribution < 1.29 is 27.1 Å². The Morgan fingerprint density at radius 1 is 1.43 bits per heavy atom. The van der Waals surface area contributed by atoms with Crippen LogP contribution in [0.1, 0.15) is 6.92 Å². The maximum atomic E-state index is 14.1. The molecule has 23 heavy (non-hydrogen) atoms. The zero-order valence-electron chi connectivity index (χ0n) is 11.9. The Balaban J connectivity index is 2.05. The number of hydrogen-bond donors (Lipinski definition) is 2. The first-order chi connectivity index (χ1) is 10.7. The van der Waals surface area contributed by atoms with E-state index in [1.54, 1.807) is 6.92 Å². The SMILES string of the molecule is C[C@@H]1CN(S(=O)(=O)c2cc3oc(=O)[nH]c3cc2F)C[C@H]1C(=O)O. The quantitative estimate of drug-likeness (QED) is 0.841. The molecule has 124 valence electrons. The van der Waals surface area contributed by atoms with Gasteiger partial charge in [-0.2, -0.15) is 4.31 Å². The number of fused-ring (bicyclic) bond motifs is 1. The van der Waals surface area contributed by atoms with Crippen molar-refractivity contribution in [3.05, 3.63) is 28.5 Å². The van der Waals surface area contributed by atoms with Crippen LogP contribution in [0.2, 0.25) is 0 Å². The molecule has 10 heteroatoms. The second-order valence-corrected chi connectivity index (χ2v) is 7.44. The van der Waals surface area contributed by atoms with Crippen LogP contribution in [0.3, 0.4) is 0 Å². The number of carboxylic acid groups (broad SMARTS) is 1. The number of oxazole rings is 1. The van der Waals surface area contributed by atoms with Crippen molar-refractivity contribution in [3.8, 4) is 0 Å². The van der Waals surface area contributed by atoms with Gasteiger partial charge < -0.3 is 9.52 Å². The Kier molecular flexibility index (Phi) is 3.52. The number of aliphatic carboxylic acids is 1. The third-order valence-electron chi connectivity index (χ3n) is 3.99. The normalized spacial score (nSPS) is 22.7. The van der Waals surface area contributed by atoms with E-state index in [4.69, 9.17) is 9.52 Å². The van der Waals surface area contributed by atoms with Crippen LogP contribution in [0.25, 0.3) is 11.1 Å². The molecule has 3 rings (SSSR count). The molecule has 2 aromatic rings. The van der Waals surface area contributed by atoms with Gasteiger partial charge in [-0.15, -0.1) is 0 Å². The first-order valence-electron chi connectivity index (χ1n) is 6.75. The largest absolute Gasteiger partial charge is 0.481 e. The van der Waals surface area contributed by atoms with Gasteiger partial charge in [0.05, 0.1) is 11.4 Å². The van der Waals surface area contributed by atoms with E-state index in [1.165, 1.54) is 0 Å². The summed E-state index contributed by atoms with van der Waals surface area (Å²) in [5.74, 6) is -4.19. The highest BCUT2D eigenvalue weighted by Gasteiger charge is 2.41. The molecule has 1 aromatic carbocycles. The second kappa shape index (κ2) is 5.17. The molecule has 1 aliphatic heterocycles. The van der Waals surface area contributed by atoms with E-state index in [0.717, 1.165) is 16.4 Å². The number of aromatic amines is 1. The van der Waals surface area contributed by atoms with Crippen molar-refractivity contribution in [1.82, 2.24) is 9.29 Å². The predicted molar refractivity (Wildman–Crippen MR) is 75.8 cm³/mol. The first-order valence-corrected chi connectivity index (χ1v) is 8.19. The summed E-state index contributed by atoms with van der Waals surface area (Å²) in [6.07, 6.45) is 0. The number of aromatic nitrogens is 1. The molecule has 0 bridgehead atoms. The molecule has 2 atom stereocenters. The summed E-state index contributed by atoms with van der Waals surface area (Å²) in [5.41, 5.74) is -0.0401. The second-order valence-electron chi connectivity index (χ2n) is 5.54. The molecule has 0 spiro atoms. The number of hydrogen-bond acceptors (Lipinski definition) is 5. The van der Waals surface area contributed by atoms with Crippen LogP contribution in [-0.4, -0.2) is 41.9 Å². The molecule has 0 unspecified atom stereocenters. The van der Waals surface area contributed by atoms with E-state index in [2.05, 4.69) is 4.98 Å². The average molecular weight is 344 g/mol. The lowest BCUT2D eigenvalue weighted by atomic mass is 9.99. The summed E-state index contributed by atoms with van der Waals surface area (Å²) in [7, 11) is -4.23. The van der Waals surface area contributed by atoms with Crippen molar-refractivity contribution in [2.45, 2.75) is 11.8 Å². The summed E-state index contributed by atoms with van der Waals surface area (Å²) >= 11 is 0. The van der Waals surface area contributed by atoms with Crippen LogP contribution in [0.4, 0.5) is 4.39 Å². The highest BCUT2D eigenvalue weighted by molar-refractivity contribution is 7.89. The topological polar surface area (TPSA) is 121 Å². The summed E-state index contributed by atoms with van der Waals surface area (Å²) in [4.78, 5) is 23.8. The van der Waals surface area contributed by atoms with E-state index < -0.39 is 38.4 Å². The minimum atomic E-state index is -4.23. The van der Waals surface area contributed by atoms with Gasteiger partial charge in [-0.1, -0.05) is 6.92 Å². The molecular weight excluding hydrogens is 331 g/mol. The minimum absolute atomic E-state index is 0.0200. The third-order valence-corrected chi connectivity index (χ3v) is 5.83. The smallest absolute Gasteiger partial charge is 0.417 e. The van der Waals surface area contributed by atoms with E-state index in [0.29, 0.717) is 0 Å². The summed E-state index contributed by atoms with van der Waals surface area (Å²) in [6.45, 7) is 1.38. The summed E-state index contributed by atoms with van der Waals surface area (Å²) < 4.78 is 45.0. The number of nitrogens with one attached hydrogen (secondary N) is 1. The fourth-order valence-electron chi connectivity index (χ4n) is 2.73. The van der Waals surface area contributed by atoms with Crippen LogP contribution >= 0.6 is 0 Å². The van der Waals surface area contributed by atoms with E-state index >= 15 is 0 Å². The Bertz CT molecular complexity index is 947. The number of halogens is 1. The molecule has 1 aromatic heterocycles.